The van der Waals surface area contributed by atoms with Gasteiger partial charge in [0.25, 0.3) is 0 Å². The van der Waals surface area contributed by atoms with Crippen LogP contribution in [0.1, 0.15) is 5.56 Å². The molecule has 0 fully saturated rings. The third kappa shape index (κ3) is 4.42. The smallest absolute Gasteiger partial charge is 0.315 e. The molecule has 0 bridgehead atoms. The third-order valence-electron chi connectivity index (χ3n) is 1.92. The van der Waals surface area contributed by atoms with Crippen LogP contribution in [-0.2, 0) is 6.42 Å². The van der Waals surface area contributed by atoms with Gasteiger partial charge in [0.1, 0.15) is 12.4 Å². The zero-order valence-electron chi connectivity index (χ0n) is 8.66. The van der Waals surface area contributed by atoms with Crippen LogP contribution in [0.4, 0.5) is 9.18 Å². The average molecular weight is 221 g/mol. The maximum absolute atomic E-state index is 12.8. The van der Waals surface area contributed by atoms with Crippen LogP contribution in [0.3, 0.4) is 0 Å². The van der Waals surface area contributed by atoms with Crippen molar-refractivity contribution in [1.29, 1.82) is 5.26 Å². The second kappa shape index (κ2) is 6.40. The Labute approximate surface area is 93.1 Å². The number of rotatable bonds is 4. The first-order valence-corrected chi connectivity index (χ1v) is 4.85. The molecule has 0 heterocycles. The number of nitrogens with one attached hydrogen (secondary N) is 2. The molecular weight excluding hydrogens is 209 g/mol. The molecule has 84 valence electrons. The molecule has 1 aromatic carbocycles. The van der Waals surface area contributed by atoms with Crippen LogP contribution in [0.25, 0.3) is 0 Å². The zero-order valence-corrected chi connectivity index (χ0v) is 8.66. The number of carbonyl (C=O) groups excluding carboxylic acids is 1. The number of nitrogens with zero attached hydrogens (tertiary/aromatic N) is 1. The summed E-state index contributed by atoms with van der Waals surface area (Å²) >= 11 is 0. The van der Waals surface area contributed by atoms with Gasteiger partial charge in [-0.25, -0.2) is 9.18 Å². The van der Waals surface area contributed by atoms with Crippen molar-refractivity contribution in [1.82, 2.24) is 10.6 Å². The van der Waals surface area contributed by atoms with Gasteiger partial charge in [0.2, 0.25) is 0 Å². The van der Waals surface area contributed by atoms with Crippen molar-refractivity contribution in [2.45, 2.75) is 6.42 Å². The van der Waals surface area contributed by atoms with Crippen molar-refractivity contribution in [3.05, 3.63) is 35.6 Å². The van der Waals surface area contributed by atoms with Crippen LogP contribution in [0.5, 0.6) is 0 Å². The summed E-state index contributed by atoms with van der Waals surface area (Å²) in [7, 11) is 0. The van der Waals surface area contributed by atoms with Crippen LogP contribution in [0.2, 0.25) is 0 Å². The van der Waals surface area contributed by atoms with E-state index in [4.69, 9.17) is 5.26 Å². The van der Waals surface area contributed by atoms with Crippen molar-refractivity contribution in [3.63, 3.8) is 0 Å². The molecule has 0 aliphatic carbocycles. The monoisotopic (exact) mass is 221 g/mol. The number of carbonyl (C=O) groups is 1. The van der Waals surface area contributed by atoms with Crippen LogP contribution in [-0.4, -0.2) is 19.1 Å². The fourth-order valence-corrected chi connectivity index (χ4v) is 1.20. The molecule has 16 heavy (non-hydrogen) atoms. The highest BCUT2D eigenvalue weighted by Crippen LogP contribution is 2.03. The minimum atomic E-state index is -0.391. The van der Waals surface area contributed by atoms with Gasteiger partial charge in [-0.2, -0.15) is 5.26 Å². The van der Waals surface area contributed by atoms with Gasteiger partial charge < -0.3 is 10.6 Å². The molecule has 1 rings (SSSR count). The molecule has 0 aliphatic heterocycles. The molecule has 2 N–H and O–H groups in total. The quantitative estimate of drug-likeness (QED) is 0.750. The minimum absolute atomic E-state index is 0.0220. The normalized spacial score (nSPS) is 9.25. The molecule has 0 unspecified atom stereocenters. The number of nitriles is 1. The summed E-state index contributed by atoms with van der Waals surface area (Å²) in [4.78, 5) is 11.0. The van der Waals surface area contributed by atoms with Gasteiger partial charge in [-0.15, -0.1) is 0 Å². The van der Waals surface area contributed by atoms with E-state index in [9.17, 15) is 9.18 Å². The maximum atomic E-state index is 12.8. The highest BCUT2D eigenvalue weighted by Gasteiger charge is 1.99. The lowest BCUT2D eigenvalue weighted by atomic mass is 10.1. The van der Waals surface area contributed by atoms with Gasteiger partial charge in [0.05, 0.1) is 6.07 Å². The van der Waals surface area contributed by atoms with Crippen molar-refractivity contribution >= 4 is 6.03 Å². The van der Waals surface area contributed by atoms with E-state index in [2.05, 4.69) is 10.6 Å². The van der Waals surface area contributed by atoms with E-state index in [1.54, 1.807) is 18.2 Å². The molecule has 0 radical (unpaired) electrons. The van der Waals surface area contributed by atoms with Gasteiger partial charge in [-0.3, -0.25) is 0 Å². The fourth-order valence-electron chi connectivity index (χ4n) is 1.20. The van der Waals surface area contributed by atoms with E-state index in [-0.39, 0.29) is 12.4 Å². The molecule has 5 heteroatoms. The molecule has 4 nitrogen and oxygen atoms in total. The first-order valence-electron chi connectivity index (χ1n) is 4.85. The van der Waals surface area contributed by atoms with Crippen LogP contribution in [0.15, 0.2) is 24.3 Å². The van der Waals surface area contributed by atoms with Crippen molar-refractivity contribution < 1.29 is 9.18 Å². The minimum Gasteiger partial charge on any atom is -0.338 e. The Balaban J connectivity index is 2.26. The van der Waals surface area contributed by atoms with E-state index in [1.807, 2.05) is 0 Å². The van der Waals surface area contributed by atoms with E-state index < -0.39 is 6.03 Å². The third-order valence-corrected chi connectivity index (χ3v) is 1.92. The Morgan fingerprint density at radius 3 is 2.94 bits per heavy atom. The predicted molar refractivity (Wildman–Crippen MR) is 57.1 cm³/mol. The van der Waals surface area contributed by atoms with E-state index in [0.29, 0.717) is 13.0 Å². The van der Waals surface area contributed by atoms with Crippen molar-refractivity contribution in [3.8, 4) is 6.07 Å². The number of halogens is 1. The lowest BCUT2D eigenvalue weighted by molar-refractivity contribution is 0.242. The molecule has 0 saturated heterocycles. The number of hydrogen-bond acceptors (Lipinski definition) is 2. The van der Waals surface area contributed by atoms with E-state index in [1.165, 1.54) is 12.1 Å². The first kappa shape index (κ1) is 12.0. The Kier molecular flexibility index (Phi) is 4.80. The standard InChI is InChI=1S/C11H12FN3O/c12-10-3-1-2-9(8-10)4-6-14-11(16)15-7-5-13/h1-3,8H,4,6-7H2,(H2,14,15,16). The molecule has 0 aliphatic rings. The summed E-state index contributed by atoms with van der Waals surface area (Å²) in [6.45, 7) is 0.381. The molecule has 0 saturated carbocycles. The fraction of sp³-hybridized carbons (Fsp3) is 0.273. The summed E-state index contributed by atoms with van der Waals surface area (Å²) in [5.74, 6) is -0.286. The summed E-state index contributed by atoms with van der Waals surface area (Å²) in [6, 6.07) is 7.61. The Morgan fingerprint density at radius 2 is 2.25 bits per heavy atom. The number of hydrogen-bond donors (Lipinski definition) is 2. The van der Waals surface area contributed by atoms with Gasteiger partial charge in [0.15, 0.2) is 0 Å². The summed E-state index contributed by atoms with van der Waals surface area (Å²) < 4.78 is 12.8. The lowest BCUT2D eigenvalue weighted by Crippen LogP contribution is -2.36. The van der Waals surface area contributed by atoms with Gasteiger partial charge in [-0.1, -0.05) is 12.1 Å². The van der Waals surface area contributed by atoms with Gasteiger partial charge in [-0.05, 0) is 24.1 Å². The zero-order chi connectivity index (χ0) is 11.8. The molecule has 0 atom stereocenters. The Hall–Kier alpha value is -2.09. The Bertz CT molecular complexity index is 400. The maximum Gasteiger partial charge on any atom is 0.315 e. The molecular formula is C11H12FN3O. The molecule has 2 amide bonds. The van der Waals surface area contributed by atoms with Crippen molar-refractivity contribution in [2.24, 2.45) is 0 Å². The van der Waals surface area contributed by atoms with Gasteiger partial charge >= 0.3 is 6.03 Å². The van der Waals surface area contributed by atoms with Crippen LogP contribution >= 0.6 is 0 Å². The number of benzene rings is 1. The Morgan fingerprint density at radius 1 is 1.44 bits per heavy atom. The van der Waals surface area contributed by atoms with E-state index in [0.717, 1.165) is 5.56 Å². The summed E-state index contributed by atoms with van der Waals surface area (Å²) in [5.41, 5.74) is 0.820. The van der Waals surface area contributed by atoms with Crippen LogP contribution in [0, 0.1) is 17.1 Å². The molecule has 0 spiro atoms. The molecule has 0 aromatic heterocycles. The van der Waals surface area contributed by atoms with Gasteiger partial charge in [0, 0.05) is 6.54 Å². The lowest BCUT2D eigenvalue weighted by Gasteiger charge is -2.05. The van der Waals surface area contributed by atoms with Crippen LogP contribution < -0.4 is 10.6 Å². The molecule has 1 aromatic rings. The highest BCUT2D eigenvalue weighted by atomic mass is 19.1. The largest absolute Gasteiger partial charge is 0.338 e. The second-order valence-electron chi connectivity index (χ2n) is 3.15. The predicted octanol–water partition coefficient (Wildman–Crippen LogP) is 1.19. The van der Waals surface area contributed by atoms with Crippen molar-refractivity contribution in [2.75, 3.05) is 13.1 Å². The summed E-state index contributed by atoms with van der Waals surface area (Å²) in [5, 5.41) is 13.1. The second-order valence-corrected chi connectivity index (χ2v) is 3.15. The topological polar surface area (TPSA) is 64.9 Å². The highest BCUT2D eigenvalue weighted by molar-refractivity contribution is 5.73. The average Bonchev–Trinajstić information content (AvgIpc) is 2.26. The SMILES string of the molecule is N#CCNC(=O)NCCc1cccc(F)c1. The number of amides is 2. The number of urea groups is 1. The first-order chi connectivity index (χ1) is 7.72. The van der Waals surface area contributed by atoms with E-state index >= 15 is 0 Å². The summed E-state index contributed by atoms with van der Waals surface area (Å²) in [6.07, 6.45) is 0.553.